The first-order chi connectivity index (χ1) is 9.93. The van der Waals surface area contributed by atoms with Gasteiger partial charge in [0.2, 0.25) is 0 Å². The van der Waals surface area contributed by atoms with Crippen molar-refractivity contribution in [1.29, 1.82) is 0 Å². The molecule has 0 nitrogen and oxygen atoms in total. The van der Waals surface area contributed by atoms with Crippen LogP contribution in [-0.2, 0) is 0 Å². The van der Waals surface area contributed by atoms with Gasteiger partial charge in [0.25, 0.3) is 0 Å². The van der Waals surface area contributed by atoms with Crippen LogP contribution in [0.1, 0.15) is 69.2 Å². The summed E-state index contributed by atoms with van der Waals surface area (Å²) in [6.45, 7) is 24.0. The van der Waals surface area contributed by atoms with Gasteiger partial charge in [-0.2, -0.15) is 0 Å². The van der Waals surface area contributed by atoms with E-state index in [4.69, 9.17) is 0 Å². The van der Waals surface area contributed by atoms with Gasteiger partial charge >= 0.3 is 153 Å². The fraction of sp³-hybridized carbons (Fsp3) is 0.619. The minimum absolute atomic E-state index is 0.357. The molecular formula is C21H33Sm. The Hall–Kier alpha value is 0.298. The monoisotopic (exact) mass is 437 g/mol. The van der Waals surface area contributed by atoms with Crippen molar-refractivity contribution in [2.24, 2.45) is 0 Å². The van der Waals surface area contributed by atoms with Gasteiger partial charge in [0.1, 0.15) is 0 Å². The second kappa shape index (κ2) is 5.68. The maximum absolute atomic E-state index is 2.66. The zero-order valence-electron chi connectivity index (χ0n) is 16.4. The predicted octanol–water partition coefficient (Wildman–Crippen LogP) is 7.39. The molecule has 1 heteroatoms. The first-order valence-electron chi connectivity index (χ1n) is 8.32. The molecule has 0 fully saturated rings. The van der Waals surface area contributed by atoms with Gasteiger partial charge in [-0.15, -0.1) is 0 Å². The van der Waals surface area contributed by atoms with E-state index in [0.717, 1.165) is 0 Å². The van der Waals surface area contributed by atoms with Crippen LogP contribution in [0.5, 0.6) is 0 Å². The standard InChI is InChI=1S/2C10H15.CH3.Sm/c2*1-6-7(2)9(4)10(5)8(6)3;;/h2*1-5H3;1H3;. The number of hydrogen-bond donors (Lipinski definition) is 0. The second-order valence-corrected chi connectivity index (χ2v) is 16.1. The van der Waals surface area contributed by atoms with Crippen LogP contribution in [0.25, 0.3) is 0 Å². The second-order valence-electron chi connectivity index (χ2n) is 7.58. The molecule has 0 aromatic carbocycles. The van der Waals surface area contributed by atoms with E-state index in [-0.39, 0.29) is 0 Å². The van der Waals surface area contributed by atoms with Crippen LogP contribution in [0, 0.1) is 34.2 Å². The predicted molar refractivity (Wildman–Crippen MR) is 96.1 cm³/mol. The van der Waals surface area contributed by atoms with Gasteiger partial charge in [-0.25, -0.2) is 0 Å². The summed E-state index contributed by atoms with van der Waals surface area (Å²) >= 11 is -1.84. The summed E-state index contributed by atoms with van der Waals surface area (Å²) in [6, 6.07) is 0. The zero-order chi connectivity index (χ0) is 17.2. The van der Waals surface area contributed by atoms with Crippen molar-refractivity contribution >= 4 is 0 Å². The first kappa shape index (κ1) is 18.6. The third-order valence-electron chi connectivity index (χ3n) is 7.46. The Morgan fingerprint density at radius 3 is 0.864 bits per heavy atom. The Kier molecular flexibility index (Phi) is 4.81. The van der Waals surface area contributed by atoms with Crippen molar-refractivity contribution in [1.82, 2.24) is 0 Å². The Labute approximate surface area is 151 Å². The van der Waals surface area contributed by atoms with Crippen molar-refractivity contribution in [3.8, 4) is 0 Å². The van der Waals surface area contributed by atoms with E-state index in [1.165, 1.54) is 0 Å². The van der Waals surface area contributed by atoms with E-state index in [1.54, 1.807) is 44.6 Å². The zero-order valence-corrected chi connectivity index (χ0v) is 19.0. The Balaban J connectivity index is 2.66. The van der Waals surface area contributed by atoms with Gasteiger partial charge < -0.3 is 0 Å². The molecule has 0 aromatic rings. The molecule has 0 aromatic heterocycles. The van der Waals surface area contributed by atoms with Crippen molar-refractivity contribution in [2.75, 3.05) is 0 Å². The van der Waals surface area contributed by atoms with Crippen LogP contribution < -0.4 is 0 Å². The molecule has 123 valence electrons. The molecule has 0 aliphatic heterocycles. The quantitative estimate of drug-likeness (QED) is 0.424. The first-order valence-corrected chi connectivity index (χ1v) is 13.6. The SMILES string of the molecule is CC1=C(C)[C](C)([Sm]([CH3])[C]2(C)C(C)=C(C)C(C)=C2C)C(C)=C1C. The van der Waals surface area contributed by atoms with Crippen LogP contribution in [-0.4, -0.2) is 0 Å². The van der Waals surface area contributed by atoms with Crippen LogP contribution >= 0.6 is 0 Å². The van der Waals surface area contributed by atoms with Gasteiger partial charge in [-0.05, 0) is 0 Å². The van der Waals surface area contributed by atoms with Gasteiger partial charge in [0, 0.05) is 0 Å². The third kappa shape index (κ3) is 2.08. The molecule has 0 heterocycles. The Morgan fingerprint density at radius 1 is 0.500 bits per heavy atom. The molecule has 0 spiro atoms. The molecule has 0 N–H and O–H groups in total. The van der Waals surface area contributed by atoms with Crippen LogP contribution in [0.3, 0.4) is 0 Å². The van der Waals surface area contributed by atoms with Crippen LogP contribution in [0.2, 0.25) is 4.90 Å². The summed E-state index contributed by atoms with van der Waals surface area (Å²) in [6.07, 6.45) is 0. The molecule has 0 saturated carbocycles. The molecule has 22 heavy (non-hydrogen) atoms. The number of rotatable bonds is 2. The van der Waals surface area contributed by atoms with Crippen molar-refractivity contribution < 1.29 is 34.2 Å². The van der Waals surface area contributed by atoms with Gasteiger partial charge in [0.15, 0.2) is 0 Å². The summed E-state index contributed by atoms with van der Waals surface area (Å²) in [5, 5.41) is 0. The molecule has 2 aliphatic rings. The van der Waals surface area contributed by atoms with Crippen molar-refractivity contribution in [3.05, 3.63) is 44.6 Å². The summed E-state index contributed by atoms with van der Waals surface area (Å²) in [5.74, 6) is 0. The van der Waals surface area contributed by atoms with Gasteiger partial charge in [0.05, 0.1) is 0 Å². The molecule has 0 unspecified atom stereocenters. The minimum atomic E-state index is -1.84. The topological polar surface area (TPSA) is 0 Å². The van der Waals surface area contributed by atoms with E-state index in [1.807, 2.05) is 0 Å². The number of allylic oxidation sites excluding steroid dienone is 8. The normalized spacial score (nSPS) is 24.5. The molecule has 2 aliphatic carbocycles. The van der Waals surface area contributed by atoms with Crippen molar-refractivity contribution in [2.45, 2.75) is 74.1 Å². The van der Waals surface area contributed by atoms with Crippen LogP contribution in [0.4, 0.5) is 0 Å². The molecule has 0 amide bonds. The van der Waals surface area contributed by atoms with E-state index >= 15 is 0 Å². The summed E-state index contributed by atoms with van der Waals surface area (Å²) < 4.78 is 3.38. The average molecular weight is 436 g/mol. The Morgan fingerprint density at radius 2 is 0.682 bits per heavy atom. The molecule has 0 atom stereocenters. The Bertz CT molecular complexity index is 558. The summed E-state index contributed by atoms with van der Waals surface area (Å²) in [7, 11) is 0. The fourth-order valence-electron chi connectivity index (χ4n) is 4.45. The van der Waals surface area contributed by atoms with Gasteiger partial charge in [-0.3, -0.25) is 0 Å². The van der Waals surface area contributed by atoms with E-state index < -0.39 is 34.2 Å². The van der Waals surface area contributed by atoms with E-state index in [9.17, 15) is 0 Å². The number of hydrogen-bond acceptors (Lipinski definition) is 0. The maximum atomic E-state index is 2.66. The molecule has 0 saturated heterocycles. The molecular weight excluding hydrogens is 403 g/mol. The van der Waals surface area contributed by atoms with Gasteiger partial charge in [-0.1, -0.05) is 0 Å². The summed E-state index contributed by atoms with van der Waals surface area (Å²) in [4.78, 5) is 0. The molecule has 2 rings (SSSR count). The third-order valence-corrected chi connectivity index (χ3v) is 19.2. The molecule has 0 bridgehead atoms. The van der Waals surface area contributed by atoms with E-state index in [0.29, 0.717) is 2.26 Å². The molecule has 0 radical (unpaired) electrons. The van der Waals surface area contributed by atoms with Crippen LogP contribution in [0.15, 0.2) is 44.6 Å². The summed E-state index contributed by atoms with van der Waals surface area (Å²) in [5.41, 5.74) is 12.8. The average Bonchev–Trinajstić information content (AvgIpc) is 2.75. The van der Waals surface area contributed by atoms with Crippen molar-refractivity contribution in [3.63, 3.8) is 0 Å². The van der Waals surface area contributed by atoms with E-state index in [2.05, 4.69) is 71.9 Å². The fourth-order valence-corrected chi connectivity index (χ4v) is 14.9.